The van der Waals surface area contributed by atoms with Gasteiger partial charge in [0.1, 0.15) is 5.75 Å². The summed E-state index contributed by atoms with van der Waals surface area (Å²) in [6.07, 6.45) is 1.40. The lowest BCUT2D eigenvalue weighted by Crippen LogP contribution is -2.32. The van der Waals surface area contributed by atoms with Crippen molar-refractivity contribution in [3.05, 3.63) is 92.3 Å². The Hall–Kier alpha value is -2.76. The number of ether oxygens (including phenoxy) is 1. The lowest BCUT2D eigenvalue weighted by molar-refractivity contribution is -0.122. The largest absolute Gasteiger partial charge is 0.480 e. The number of fused-ring (bicyclic) bond motifs is 1. The number of anilines is 1. The van der Waals surface area contributed by atoms with Crippen LogP contribution in [0.25, 0.3) is 0 Å². The lowest BCUT2D eigenvalue weighted by atomic mass is 10.1. The summed E-state index contributed by atoms with van der Waals surface area (Å²) < 4.78 is 7.21. The predicted octanol–water partition coefficient (Wildman–Crippen LogP) is 4.15. The molecule has 2 aromatic carbocycles. The number of carbonyl (C=O) groups excluding carboxylic acids is 1. The second-order valence-electron chi connectivity index (χ2n) is 6.53. The number of rotatable bonds is 4. The summed E-state index contributed by atoms with van der Waals surface area (Å²) in [6.45, 7) is 0.312. The zero-order valence-corrected chi connectivity index (χ0v) is 16.2. The molecule has 0 aliphatic carbocycles. The van der Waals surface area contributed by atoms with Gasteiger partial charge in [0.15, 0.2) is 6.10 Å². The van der Waals surface area contributed by atoms with Crippen LogP contribution in [0, 0.1) is 0 Å². The molecule has 2 heterocycles. The van der Waals surface area contributed by atoms with Crippen LogP contribution in [-0.4, -0.2) is 16.6 Å². The number of nitrogens with zero attached hydrogens (tertiary/aromatic N) is 1. The van der Waals surface area contributed by atoms with Crippen molar-refractivity contribution in [3.63, 3.8) is 0 Å². The molecule has 5 nitrogen and oxygen atoms in total. The van der Waals surface area contributed by atoms with Crippen LogP contribution in [0.1, 0.15) is 11.1 Å². The minimum atomic E-state index is -0.641. The molecular formula is C21H16Cl2N2O3. The molecule has 0 spiro atoms. The molecule has 0 fully saturated rings. The van der Waals surface area contributed by atoms with Gasteiger partial charge < -0.3 is 14.6 Å². The van der Waals surface area contributed by atoms with Crippen molar-refractivity contribution in [2.24, 2.45) is 0 Å². The molecule has 3 aromatic rings. The number of benzene rings is 2. The normalized spacial score (nSPS) is 15.0. The molecule has 0 radical (unpaired) electrons. The monoisotopic (exact) mass is 414 g/mol. The van der Waals surface area contributed by atoms with E-state index in [1.807, 2.05) is 18.2 Å². The van der Waals surface area contributed by atoms with E-state index in [2.05, 4.69) is 5.32 Å². The van der Waals surface area contributed by atoms with E-state index in [-0.39, 0.29) is 11.5 Å². The summed E-state index contributed by atoms with van der Waals surface area (Å²) in [5, 5.41) is 4.00. The SMILES string of the molecule is O=C(Nc1ccc(=O)n(Cc2ccccc2Cl)c1)C1Cc2cc(Cl)ccc2O1. The van der Waals surface area contributed by atoms with Gasteiger partial charge in [0.25, 0.3) is 11.5 Å². The molecule has 0 saturated heterocycles. The molecule has 28 heavy (non-hydrogen) atoms. The molecule has 1 N–H and O–H groups in total. The number of nitrogens with one attached hydrogen (secondary N) is 1. The standard InChI is InChI=1S/C21H16Cl2N2O3/c22-15-5-7-18-14(9-15)10-19(28-18)21(27)24-16-6-8-20(26)25(12-16)11-13-3-1-2-4-17(13)23/h1-9,12,19H,10-11H2,(H,24,27). The van der Waals surface area contributed by atoms with E-state index in [0.717, 1.165) is 11.1 Å². The van der Waals surface area contributed by atoms with Gasteiger partial charge in [-0.3, -0.25) is 9.59 Å². The van der Waals surface area contributed by atoms with Gasteiger partial charge in [-0.25, -0.2) is 0 Å². The smallest absolute Gasteiger partial charge is 0.265 e. The van der Waals surface area contributed by atoms with E-state index in [1.54, 1.807) is 36.5 Å². The number of halogens is 2. The molecule has 1 aliphatic heterocycles. The summed E-state index contributed by atoms with van der Waals surface area (Å²) in [6, 6.07) is 15.6. The Bertz CT molecular complexity index is 1110. The number of pyridine rings is 1. The number of hydrogen-bond donors (Lipinski definition) is 1. The van der Waals surface area contributed by atoms with Gasteiger partial charge in [-0.15, -0.1) is 0 Å². The first-order valence-electron chi connectivity index (χ1n) is 8.69. The zero-order chi connectivity index (χ0) is 19.7. The lowest BCUT2D eigenvalue weighted by Gasteiger charge is -2.13. The van der Waals surface area contributed by atoms with Gasteiger partial charge in [0.05, 0.1) is 12.2 Å². The molecule has 142 valence electrons. The minimum absolute atomic E-state index is 0.183. The number of carbonyl (C=O) groups is 1. The van der Waals surface area contributed by atoms with E-state index in [0.29, 0.717) is 34.4 Å². The Morgan fingerprint density at radius 1 is 1.14 bits per heavy atom. The van der Waals surface area contributed by atoms with Crippen molar-refractivity contribution in [3.8, 4) is 5.75 Å². The Morgan fingerprint density at radius 3 is 2.79 bits per heavy atom. The predicted molar refractivity (Wildman–Crippen MR) is 109 cm³/mol. The van der Waals surface area contributed by atoms with E-state index in [9.17, 15) is 9.59 Å². The molecule has 1 amide bonds. The Kier molecular flexibility index (Phi) is 5.11. The van der Waals surface area contributed by atoms with E-state index >= 15 is 0 Å². The van der Waals surface area contributed by atoms with Gasteiger partial charge in [0, 0.05) is 28.7 Å². The number of hydrogen-bond acceptors (Lipinski definition) is 3. The van der Waals surface area contributed by atoms with Crippen molar-refractivity contribution in [1.82, 2.24) is 4.57 Å². The van der Waals surface area contributed by atoms with Crippen LogP contribution in [0.5, 0.6) is 5.75 Å². The van der Waals surface area contributed by atoms with Crippen molar-refractivity contribution in [2.75, 3.05) is 5.32 Å². The van der Waals surface area contributed by atoms with Gasteiger partial charge in [-0.1, -0.05) is 41.4 Å². The maximum Gasteiger partial charge on any atom is 0.265 e. The van der Waals surface area contributed by atoms with Crippen molar-refractivity contribution in [1.29, 1.82) is 0 Å². The van der Waals surface area contributed by atoms with Gasteiger partial charge in [-0.05, 0) is 41.5 Å². The maximum absolute atomic E-state index is 12.6. The Morgan fingerprint density at radius 2 is 1.96 bits per heavy atom. The molecule has 1 unspecified atom stereocenters. The average molecular weight is 415 g/mol. The molecule has 0 saturated carbocycles. The molecule has 1 aromatic heterocycles. The molecule has 1 aliphatic rings. The topological polar surface area (TPSA) is 60.3 Å². The van der Waals surface area contributed by atoms with Crippen molar-refractivity contribution in [2.45, 2.75) is 19.1 Å². The molecule has 1 atom stereocenters. The van der Waals surface area contributed by atoms with Crippen LogP contribution >= 0.6 is 23.2 Å². The summed E-state index contributed by atoms with van der Waals surface area (Å²) in [5.74, 6) is 0.378. The van der Waals surface area contributed by atoms with Crippen LogP contribution in [0.2, 0.25) is 10.0 Å². The second-order valence-corrected chi connectivity index (χ2v) is 7.37. The number of aromatic nitrogens is 1. The third kappa shape index (κ3) is 3.91. The van der Waals surface area contributed by atoms with Crippen LogP contribution < -0.4 is 15.6 Å². The maximum atomic E-state index is 12.6. The zero-order valence-electron chi connectivity index (χ0n) is 14.7. The van der Waals surface area contributed by atoms with Crippen LogP contribution in [0.3, 0.4) is 0 Å². The average Bonchev–Trinajstić information content (AvgIpc) is 3.09. The summed E-state index contributed by atoms with van der Waals surface area (Å²) in [5.41, 5.74) is 2.05. The highest BCUT2D eigenvalue weighted by atomic mass is 35.5. The highest BCUT2D eigenvalue weighted by Crippen LogP contribution is 2.31. The third-order valence-corrected chi connectivity index (χ3v) is 5.14. The fourth-order valence-electron chi connectivity index (χ4n) is 3.13. The Labute approximate surface area is 171 Å². The summed E-state index contributed by atoms with van der Waals surface area (Å²) >= 11 is 12.2. The van der Waals surface area contributed by atoms with Crippen LogP contribution in [0.15, 0.2) is 65.6 Å². The van der Waals surface area contributed by atoms with Gasteiger partial charge >= 0.3 is 0 Å². The first-order chi connectivity index (χ1) is 13.5. The highest BCUT2D eigenvalue weighted by Gasteiger charge is 2.29. The fourth-order valence-corrected chi connectivity index (χ4v) is 3.52. The van der Waals surface area contributed by atoms with Crippen LogP contribution in [0.4, 0.5) is 5.69 Å². The van der Waals surface area contributed by atoms with E-state index < -0.39 is 6.10 Å². The van der Waals surface area contributed by atoms with Crippen molar-refractivity contribution < 1.29 is 9.53 Å². The first-order valence-corrected chi connectivity index (χ1v) is 9.45. The molecule has 0 bridgehead atoms. The first kappa shape index (κ1) is 18.6. The highest BCUT2D eigenvalue weighted by molar-refractivity contribution is 6.31. The van der Waals surface area contributed by atoms with Gasteiger partial charge in [-0.2, -0.15) is 0 Å². The van der Waals surface area contributed by atoms with Crippen molar-refractivity contribution >= 4 is 34.8 Å². The quantitative estimate of drug-likeness (QED) is 0.697. The third-order valence-electron chi connectivity index (χ3n) is 4.54. The minimum Gasteiger partial charge on any atom is -0.480 e. The van der Waals surface area contributed by atoms with E-state index in [4.69, 9.17) is 27.9 Å². The molecule has 7 heteroatoms. The summed E-state index contributed by atoms with van der Waals surface area (Å²) in [4.78, 5) is 24.8. The molecular weight excluding hydrogens is 399 g/mol. The summed E-state index contributed by atoms with van der Waals surface area (Å²) in [7, 11) is 0. The number of amides is 1. The van der Waals surface area contributed by atoms with Gasteiger partial charge in [0.2, 0.25) is 0 Å². The molecule has 4 rings (SSSR count). The fraction of sp³-hybridized carbons (Fsp3) is 0.143. The van der Waals surface area contributed by atoms with E-state index in [1.165, 1.54) is 10.6 Å². The second kappa shape index (κ2) is 7.70. The van der Waals surface area contributed by atoms with Crippen LogP contribution in [-0.2, 0) is 17.8 Å². The Balaban J connectivity index is 1.49.